The molecule has 1 heterocycles. The summed E-state index contributed by atoms with van der Waals surface area (Å²) in [4.78, 5) is 27.9. The minimum Gasteiger partial charge on any atom is -0.462 e. The molecule has 0 unspecified atom stereocenters. The topological polar surface area (TPSA) is 71.2 Å². The van der Waals surface area contributed by atoms with Gasteiger partial charge in [0.15, 0.2) is 0 Å². The van der Waals surface area contributed by atoms with Gasteiger partial charge in [0.25, 0.3) is 0 Å². The Hall–Kier alpha value is -2.70. The fraction of sp³-hybridized carbons (Fsp3) is 0.182. The molecule has 0 fully saturated rings. The maximum Gasteiger partial charge on any atom is 0.341 e. The monoisotopic (exact) mass is 428 g/mol. The summed E-state index contributed by atoms with van der Waals surface area (Å²) in [7, 11) is 0. The second-order valence-electron chi connectivity index (χ2n) is 6.18. The zero-order chi connectivity index (χ0) is 20.6. The number of hydrogen-bond acceptors (Lipinski definition) is 4. The molecule has 0 aliphatic heterocycles. The van der Waals surface area contributed by atoms with Crippen molar-refractivity contribution in [2.45, 2.75) is 18.5 Å². The molecule has 7 heteroatoms. The molecule has 2 aromatic carbocycles. The fourth-order valence-electron chi connectivity index (χ4n) is 2.77. The number of aromatic amines is 1. The first kappa shape index (κ1) is 21.0. The van der Waals surface area contributed by atoms with Gasteiger partial charge < -0.3 is 15.0 Å². The predicted octanol–water partition coefficient (Wildman–Crippen LogP) is 4.92. The summed E-state index contributed by atoms with van der Waals surface area (Å²) in [6.45, 7) is 2.49. The van der Waals surface area contributed by atoms with E-state index in [1.54, 1.807) is 25.3 Å². The molecule has 150 valence electrons. The number of esters is 1. The number of hydrogen-bond donors (Lipinski definition) is 2. The van der Waals surface area contributed by atoms with Gasteiger partial charge in [0.05, 0.1) is 22.9 Å². The maximum atomic E-state index is 12.6. The Labute approximate surface area is 178 Å². The quantitative estimate of drug-likeness (QED) is 0.394. The molecule has 1 aromatic heterocycles. The van der Waals surface area contributed by atoms with E-state index in [1.807, 2.05) is 42.5 Å². The van der Waals surface area contributed by atoms with Crippen LogP contribution in [0.1, 0.15) is 22.8 Å². The van der Waals surface area contributed by atoms with Gasteiger partial charge in [0.2, 0.25) is 5.91 Å². The number of nitrogens with one attached hydrogen (secondary N) is 2. The Bertz CT molecular complexity index is 971. The van der Waals surface area contributed by atoms with Crippen LogP contribution >= 0.6 is 23.4 Å². The number of H-pyrrole nitrogens is 1. The second kappa shape index (κ2) is 10.2. The lowest BCUT2D eigenvalue weighted by atomic mass is 10.1. The van der Waals surface area contributed by atoms with E-state index in [4.69, 9.17) is 16.3 Å². The van der Waals surface area contributed by atoms with Crippen molar-refractivity contribution in [1.82, 2.24) is 10.3 Å². The summed E-state index contributed by atoms with van der Waals surface area (Å²) in [6, 6.07) is 16.9. The molecule has 0 spiro atoms. The molecule has 0 atom stereocenters. The van der Waals surface area contributed by atoms with Crippen molar-refractivity contribution in [2.24, 2.45) is 0 Å². The minimum atomic E-state index is -0.425. The lowest BCUT2D eigenvalue weighted by Gasteiger charge is -2.08. The Morgan fingerprint density at radius 3 is 2.52 bits per heavy atom. The Morgan fingerprint density at radius 1 is 1.10 bits per heavy atom. The highest BCUT2D eigenvalue weighted by Gasteiger charge is 2.22. The van der Waals surface area contributed by atoms with Gasteiger partial charge in [0, 0.05) is 23.3 Å². The van der Waals surface area contributed by atoms with Gasteiger partial charge in [-0.25, -0.2) is 4.79 Å². The molecular weight excluding hydrogens is 408 g/mol. The average Bonchev–Trinajstić information content (AvgIpc) is 3.16. The molecule has 29 heavy (non-hydrogen) atoms. The van der Waals surface area contributed by atoms with Gasteiger partial charge in [0.1, 0.15) is 0 Å². The van der Waals surface area contributed by atoms with Gasteiger partial charge in [-0.3, -0.25) is 4.79 Å². The van der Waals surface area contributed by atoms with Crippen LogP contribution < -0.4 is 5.32 Å². The number of thioether (sulfide) groups is 1. The van der Waals surface area contributed by atoms with E-state index >= 15 is 0 Å². The molecule has 0 bridgehead atoms. The minimum absolute atomic E-state index is 0.115. The lowest BCUT2D eigenvalue weighted by molar-refractivity contribution is -0.118. The van der Waals surface area contributed by atoms with Gasteiger partial charge in [-0.05, 0) is 30.2 Å². The maximum absolute atomic E-state index is 12.6. The molecule has 0 aliphatic rings. The number of benzene rings is 2. The van der Waals surface area contributed by atoms with E-state index in [0.29, 0.717) is 27.7 Å². The van der Waals surface area contributed by atoms with Crippen LogP contribution in [0.25, 0.3) is 11.1 Å². The highest BCUT2D eigenvalue weighted by molar-refractivity contribution is 8.00. The summed E-state index contributed by atoms with van der Waals surface area (Å²) in [5, 5.41) is 4.10. The van der Waals surface area contributed by atoms with Crippen molar-refractivity contribution in [3.63, 3.8) is 0 Å². The predicted molar refractivity (Wildman–Crippen MR) is 116 cm³/mol. The molecule has 3 rings (SSSR count). The summed E-state index contributed by atoms with van der Waals surface area (Å²) in [5.74, 6) is -0.359. The van der Waals surface area contributed by atoms with Crippen molar-refractivity contribution >= 4 is 35.2 Å². The van der Waals surface area contributed by atoms with Crippen LogP contribution in [0.15, 0.2) is 65.8 Å². The number of carbonyl (C=O) groups excluding carboxylic acids is 2. The number of amides is 1. The molecule has 5 nitrogen and oxygen atoms in total. The largest absolute Gasteiger partial charge is 0.462 e. The Morgan fingerprint density at radius 2 is 1.83 bits per heavy atom. The standard InChI is InChI=1S/C22H21ClN2O3S/c1-2-28-22(27)20-18(16-8-10-17(23)11-9-16)13-25-21(20)29-14-19(26)24-12-15-6-4-3-5-7-15/h3-11,13,25H,2,12,14H2,1H3,(H,24,26). The van der Waals surface area contributed by atoms with Crippen molar-refractivity contribution < 1.29 is 14.3 Å². The van der Waals surface area contributed by atoms with E-state index in [-0.39, 0.29) is 18.3 Å². The molecule has 3 aromatic rings. The third-order valence-corrected chi connectivity index (χ3v) is 5.43. The summed E-state index contributed by atoms with van der Waals surface area (Å²) >= 11 is 7.24. The number of ether oxygens (including phenoxy) is 1. The van der Waals surface area contributed by atoms with Crippen LogP contribution in [-0.4, -0.2) is 29.2 Å². The fourth-order valence-corrected chi connectivity index (χ4v) is 3.75. The van der Waals surface area contributed by atoms with Gasteiger partial charge in [-0.2, -0.15) is 0 Å². The highest BCUT2D eigenvalue weighted by Crippen LogP contribution is 2.33. The molecule has 0 saturated heterocycles. The zero-order valence-electron chi connectivity index (χ0n) is 15.9. The number of aromatic nitrogens is 1. The normalized spacial score (nSPS) is 10.6. The first-order valence-corrected chi connectivity index (χ1v) is 10.5. The van der Waals surface area contributed by atoms with Crippen LogP contribution in [0.5, 0.6) is 0 Å². The first-order valence-electron chi connectivity index (χ1n) is 9.16. The Balaban J connectivity index is 1.72. The van der Waals surface area contributed by atoms with Crippen molar-refractivity contribution in [2.75, 3.05) is 12.4 Å². The SMILES string of the molecule is CCOC(=O)c1c(-c2ccc(Cl)cc2)c[nH]c1SCC(=O)NCc1ccccc1. The van der Waals surface area contributed by atoms with E-state index in [9.17, 15) is 9.59 Å². The molecule has 0 saturated carbocycles. The number of halogens is 1. The molecule has 0 aliphatic carbocycles. The summed E-state index contributed by atoms with van der Waals surface area (Å²) in [5.41, 5.74) is 3.01. The van der Waals surface area contributed by atoms with Crippen LogP contribution in [0.2, 0.25) is 5.02 Å². The third-order valence-electron chi connectivity index (χ3n) is 4.16. The van der Waals surface area contributed by atoms with E-state index in [1.165, 1.54) is 11.8 Å². The van der Waals surface area contributed by atoms with E-state index in [2.05, 4.69) is 10.3 Å². The third kappa shape index (κ3) is 5.65. The van der Waals surface area contributed by atoms with Crippen LogP contribution in [0.3, 0.4) is 0 Å². The van der Waals surface area contributed by atoms with Crippen molar-refractivity contribution in [3.05, 3.63) is 76.9 Å². The summed E-state index contributed by atoms with van der Waals surface area (Å²) in [6.07, 6.45) is 1.75. The smallest absolute Gasteiger partial charge is 0.341 e. The zero-order valence-corrected chi connectivity index (χ0v) is 17.5. The first-order chi connectivity index (χ1) is 14.1. The van der Waals surface area contributed by atoms with Crippen LogP contribution in [0, 0.1) is 0 Å². The molecule has 2 N–H and O–H groups in total. The van der Waals surface area contributed by atoms with Crippen molar-refractivity contribution in [3.8, 4) is 11.1 Å². The number of rotatable bonds is 8. The molecule has 1 amide bonds. The average molecular weight is 429 g/mol. The van der Waals surface area contributed by atoms with E-state index in [0.717, 1.165) is 11.1 Å². The number of carbonyl (C=O) groups is 2. The van der Waals surface area contributed by atoms with Crippen molar-refractivity contribution in [1.29, 1.82) is 0 Å². The second-order valence-corrected chi connectivity index (χ2v) is 7.61. The van der Waals surface area contributed by atoms with Crippen LogP contribution in [0.4, 0.5) is 0 Å². The highest BCUT2D eigenvalue weighted by atomic mass is 35.5. The molecular formula is C22H21ClN2O3S. The van der Waals surface area contributed by atoms with Gasteiger partial charge in [-0.15, -0.1) is 0 Å². The van der Waals surface area contributed by atoms with E-state index < -0.39 is 5.97 Å². The van der Waals surface area contributed by atoms with Gasteiger partial charge in [-0.1, -0.05) is 65.8 Å². The van der Waals surface area contributed by atoms with Gasteiger partial charge >= 0.3 is 5.97 Å². The Kier molecular flexibility index (Phi) is 7.38. The molecule has 0 radical (unpaired) electrons. The summed E-state index contributed by atoms with van der Waals surface area (Å²) < 4.78 is 5.23. The lowest BCUT2D eigenvalue weighted by Crippen LogP contribution is -2.24. The van der Waals surface area contributed by atoms with Crippen LogP contribution in [-0.2, 0) is 16.1 Å².